The topological polar surface area (TPSA) is 112 Å². The summed E-state index contributed by atoms with van der Waals surface area (Å²) in [5, 5.41) is 3.90. The smallest absolute Gasteiger partial charge is 0.338 e. The first kappa shape index (κ1) is 23.1. The fraction of sp³-hybridized carbons (Fsp3) is 0.348. The van der Waals surface area contributed by atoms with Gasteiger partial charge in [-0.15, -0.1) is 0 Å². The average Bonchev–Trinajstić information content (AvgIpc) is 3.26. The Kier molecular flexibility index (Phi) is 6.59. The van der Waals surface area contributed by atoms with Crippen molar-refractivity contribution in [2.75, 3.05) is 13.1 Å². The number of benzene rings is 2. The van der Waals surface area contributed by atoms with E-state index in [-0.39, 0.29) is 48.3 Å². The monoisotopic (exact) mass is 471 g/mol. The number of sulfonamides is 1. The third-order valence-corrected chi connectivity index (χ3v) is 7.06. The van der Waals surface area contributed by atoms with Gasteiger partial charge in [-0.1, -0.05) is 35.0 Å². The van der Waals surface area contributed by atoms with E-state index in [1.54, 1.807) is 0 Å². The van der Waals surface area contributed by atoms with Crippen molar-refractivity contribution in [3.8, 4) is 11.4 Å². The molecule has 0 N–H and O–H groups in total. The zero-order chi connectivity index (χ0) is 23.6. The molecule has 1 fully saturated rings. The largest absolute Gasteiger partial charge is 0.452 e. The van der Waals surface area contributed by atoms with Crippen LogP contribution in [0, 0.1) is 6.92 Å². The Balaban J connectivity index is 1.38. The minimum Gasteiger partial charge on any atom is -0.452 e. The molecule has 0 spiro atoms. The Morgan fingerprint density at radius 2 is 1.70 bits per heavy atom. The summed E-state index contributed by atoms with van der Waals surface area (Å²) in [6, 6.07) is 13.3. The molecule has 1 aliphatic rings. The first-order valence-electron chi connectivity index (χ1n) is 10.5. The maximum atomic E-state index is 12.9. The molecule has 0 bridgehead atoms. The van der Waals surface area contributed by atoms with E-state index in [0.717, 1.165) is 11.1 Å². The first-order chi connectivity index (χ1) is 15.7. The van der Waals surface area contributed by atoms with E-state index in [1.807, 2.05) is 45.0 Å². The van der Waals surface area contributed by atoms with Crippen LogP contribution in [0.25, 0.3) is 11.4 Å². The standard InChI is InChI=1S/C23H25N3O6S/c1-15-4-6-18(7-5-15)22-24-21(32-25-22)14-30-23(27)19-8-10-20(11-9-19)33(28,29)26-12-16(2)31-17(3)13-26/h4-11,16-17H,12-14H2,1-3H3. The molecule has 2 aromatic carbocycles. The van der Waals surface area contributed by atoms with E-state index in [9.17, 15) is 13.2 Å². The highest BCUT2D eigenvalue weighted by molar-refractivity contribution is 7.89. The normalized spacial score (nSPS) is 19.4. The Morgan fingerprint density at radius 1 is 1.06 bits per heavy atom. The zero-order valence-electron chi connectivity index (χ0n) is 18.6. The van der Waals surface area contributed by atoms with Gasteiger partial charge >= 0.3 is 5.97 Å². The molecule has 2 atom stereocenters. The molecule has 9 nitrogen and oxygen atoms in total. The lowest BCUT2D eigenvalue weighted by molar-refractivity contribution is -0.0440. The van der Waals surface area contributed by atoms with Crippen molar-refractivity contribution >= 4 is 16.0 Å². The van der Waals surface area contributed by atoms with E-state index >= 15 is 0 Å². The van der Waals surface area contributed by atoms with Gasteiger partial charge in [0.15, 0.2) is 6.61 Å². The van der Waals surface area contributed by atoms with Gasteiger partial charge in [-0.2, -0.15) is 9.29 Å². The van der Waals surface area contributed by atoms with Crippen LogP contribution in [0.3, 0.4) is 0 Å². The highest BCUT2D eigenvalue weighted by atomic mass is 32.2. The lowest BCUT2D eigenvalue weighted by Gasteiger charge is -2.34. The summed E-state index contributed by atoms with van der Waals surface area (Å²) in [6.07, 6.45) is -0.372. The molecule has 0 aliphatic carbocycles. The van der Waals surface area contributed by atoms with Crippen LogP contribution in [0.15, 0.2) is 57.9 Å². The maximum Gasteiger partial charge on any atom is 0.338 e. The number of aryl methyl sites for hydroxylation is 1. The molecule has 4 rings (SSSR count). The molecule has 0 saturated carbocycles. The van der Waals surface area contributed by atoms with Crippen molar-refractivity contribution in [1.29, 1.82) is 0 Å². The van der Waals surface area contributed by atoms with E-state index in [2.05, 4.69) is 10.1 Å². The predicted molar refractivity (Wildman–Crippen MR) is 119 cm³/mol. The van der Waals surface area contributed by atoms with Crippen molar-refractivity contribution < 1.29 is 27.2 Å². The highest BCUT2D eigenvalue weighted by Gasteiger charge is 2.32. The van der Waals surface area contributed by atoms with Crippen LogP contribution in [0.2, 0.25) is 0 Å². The lowest BCUT2D eigenvalue weighted by Crippen LogP contribution is -2.48. The lowest BCUT2D eigenvalue weighted by atomic mass is 10.1. The van der Waals surface area contributed by atoms with Crippen molar-refractivity contribution in [3.63, 3.8) is 0 Å². The molecule has 1 aromatic heterocycles. The van der Waals surface area contributed by atoms with Crippen molar-refractivity contribution in [1.82, 2.24) is 14.4 Å². The number of carbonyl (C=O) groups excluding carboxylic acids is 1. The fourth-order valence-electron chi connectivity index (χ4n) is 3.58. The average molecular weight is 472 g/mol. The van der Waals surface area contributed by atoms with Crippen LogP contribution in [-0.2, 0) is 26.1 Å². The molecule has 1 aliphatic heterocycles. The van der Waals surface area contributed by atoms with E-state index in [0.29, 0.717) is 5.82 Å². The van der Waals surface area contributed by atoms with Gasteiger partial charge in [-0.25, -0.2) is 13.2 Å². The Morgan fingerprint density at radius 3 is 2.33 bits per heavy atom. The third-order valence-electron chi connectivity index (χ3n) is 5.22. The van der Waals surface area contributed by atoms with Crippen LogP contribution in [0.1, 0.15) is 35.7 Å². The van der Waals surface area contributed by atoms with Crippen LogP contribution < -0.4 is 0 Å². The van der Waals surface area contributed by atoms with Gasteiger partial charge < -0.3 is 14.0 Å². The molecule has 2 unspecified atom stereocenters. The summed E-state index contributed by atoms with van der Waals surface area (Å²) in [7, 11) is -3.68. The molecule has 0 radical (unpaired) electrons. The highest BCUT2D eigenvalue weighted by Crippen LogP contribution is 2.22. The molecular weight excluding hydrogens is 446 g/mol. The van der Waals surface area contributed by atoms with Crippen LogP contribution in [0.4, 0.5) is 0 Å². The van der Waals surface area contributed by atoms with Gasteiger partial charge in [0, 0.05) is 18.7 Å². The molecule has 10 heteroatoms. The van der Waals surface area contributed by atoms with Gasteiger partial charge in [-0.05, 0) is 45.0 Å². The number of hydrogen-bond donors (Lipinski definition) is 0. The molecule has 3 aromatic rings. The number of hydrogen-bond acceptors (Lipinski definition) is 8. The number of morpholine rings is 1. The maximum absolute atomic E-state index is 12.9. The molecular formula is C23H25N3O6S. The van der Waals surface area contributed by atoms with Gasteiger partial charge in [0.2, 0.25) is 15.8 Å². The molecule has 2 heterocycles. The minimum absolute atomic E-state index is 0.111. The summed E-state index contributed by atoms with van der Waals surface area (Å²) in [4.78, 5) is 16.7. The van der Waals surface area contributed by atoms with Crippen molar-refractivity contribution in [2.24, 2.45) is 0 Å². The second-order valence-electron chi connectivity index (χ2n) is 8.06. The number of carbonyl (C=O) groups is 1. The van der Waals surface area contributed by atoms with Crippen LogP contribution in [-0.4, -0.2) is 54.1 Å². The van der Waals surface area contributed by atoms with Crippen molar-refractivity contribution in [3.05, 3.63) is 65.5 Å². The van der Waals surface area contributed by atoms with E-state index in [4.69, 9.17) is 14.0 Å². The fourth-order valence-corrected chi connectivity index (χ4v) is 5.17. The SMILES string of the molecule is Cc1ccc(-c2noc(COC(=O)c3ccc(S(=O)(=O)N4CC(C)OC(C)C4)cc3)n2)cc1. The first-order valence-corrected chi connectivity index (χ1v) is 12.0. The van der Waals surface area contributed by atoms with Crippen molar-refractivity contribution in [2.45, 2.75) is 44.5 Å². The van der Waals surface area contributed by atoms with E-state index < -0.39 is 16.0 Å². The Hall–Kier alpha value is -3.08. The summed E-state index contributed by atoms with van der Waals surface area (Å²) in [5.41, 5.74) is 2.13. The summed E-state index contributed by atoms with van der Waals surface area (Å²) in [6.45, 7) is 6.03. The molecule has 174 valence electrons. The molecule has 1 saturated heterocycles. The van der Waals surface area contributed by atoms with Crippen LogP contribution >= 0.6 is 0 Å². The van der Waals surface area contributed by atoms with Gasteiger partial charge in [0.25, 0.3) is 5.89 Å². The minimum atomic E-state index is -3.68. The summed E-state index contributed by atoms with van der Waals surface area (Å²) in [5.74, 6) is -0.0568. The second-order valence-corrected chi connectivity index (χ2v) is 10.00. The number of ether oxygens (including phenoxy) is 2. The summed E-state index contributed by atoms with van der Waals surface area (Å²) < 4.78 is 43.3. The second kappa shape index (κ2) is 9.42. The van der Waals surface area contributed by atoms with Gasteiger partial charge in [-0.3, -0.25) is 0 Å². The molecule has 33 heavy (non-hydrogen) atoms. The van der Waals surface area contributed by atoms with E-state index in [1.165, 1.54) is 28.6 Å². The number of nitrogens with zero attached hydrogens (tertiary/aromatic N) is 3. The number of esters is 1. The third kappa shape index (κ3) is 5.29. The quantitative estimate of drug-likeness (QED) is 0.504. The number of rotatable bonds is 6. The van der Waals surface area contributed by atoms with Crippen LogP contribution in [0.5, 0.6) is 0 Å². The molecule has 0 amide bonds. The Labute approximate surface area is 192 Å². The van der Waals surface area contributed by atoms with Gasteiger partial charge in [0.05, 0.1) is 22.7 Å². The summed E-state index contributed by atoms with van der Waals surface area (Å²) >= 11 is 0. The Bertz CT molecular complexity index is 1210. The zero-order valence-corrected chi connectivity index (χ0v) is 19.4. The number of aromatic nitrogens is 2. The predicted octanol–water partition coefficient (Wildman–Crippen LogP) is 3.20. The van der Waals surface area contributed by atoms with Gasteiger partial charge in [0.1, 0.15) is 0 Å².